The van der Waals surface area contributed by atoms with Gasteiger partial charge >= 0.3 is 6.09 Å². The van der Waals surface area contributed by atoms with Crippen molar-refractivity contribution in [3.63, 3.8) is 0 Å². The fourth-order valence-corrected chi connectivity index (χ4v) is 6.38. The van der Waals surface area contributed by atoms with Gasteiger partial charge in [-0.1, -0.05) is 36.8 Å². The van der Waals surface area contributed by atoms with Crippen LogP contribution in [-0.4, -0.2) is 77.1 Å². The number of carboxylic acid groups (broad SMARTS) is 1. The fourth-order valence-electron chi connectivity index (χ4n) is 5.38. The molecule has 3 aromatic carbocycles. The van der Waals surface area contributed by atoms with E-state index in [1.165, 1.54) is 30.3 Å². The van der Waals surface area contributed by atoms with Gasteiger partial charge in [-0.2, -0.15) is 0 Å². The van der Waals surface area contributed by atoms with E-state index in [9.17, 15) is 38.3 Å². The smallest absolute Gasteiger partial charge is 0.407 e. The van der Waals surface area contributed by atoms with Gasteiger partial charge in [0.15, 0.2) is 0 Å². The van der Waals surface area contributed by atoms with Gasteiger partial charge in [-0.05, 0) is 85.0 Å². The molecule has 2 amide bonds. The Morgan fingerprint density at radius 3 is 2.28 bits per heavy atom. The maximum absolute atomic E-state index is 13.0. The fraction of sp³-hybridized carbons (Fsp3) is 0.394. The first-order valence-corrected chi connectivity index (χ1v) is 17.1. The summed E-state index contributed by atoms with van der Waals surface area (Å²) in [6.45, 7) is -0.426. The van der Waals surface area contributed by atoms with E-state index in [1.807, 2.05) is 24.3 Å². The van der Waals surface area contributed by atoms with Gasteiger partial charge in [-0.25, -0.2) is 17.9 Å². The zero-order chi connectivity index (χ0) is 34.0. The van der Waals surface area contributed by atoms with Crippen molar-refractivity contribution in [2.45, 2.75) is 57.2 Å². The molecule has 4 rings (SSSR count). The van der Waals surface area contributed by atoms with Crippen molar-refractivity contribution in [1.82, 2.24) is 9.62 Å². The summed E-state index contributed by atoms with van der Waals surface area (Å²) in [7, 11) is -3.94. The summed E-state index contributed by atoms with van der Waals surface area (Å²) in [5, 5.41) is 40.1. The molecule has 1 atom stereocenters. The lowest BCUT2D eigenvalue weighted by Crippen LogP contribution is -2.35. The molecule has 13 nitrogen and oxygen atoms in total. The van der Waals surface area contributed by atoms with E-state index in [-0.39, 0.29) is 55.0 Å². The quantitative estimate of drug-likeness (QED) is 0.130. The molecule has 1 aliphatic carbocycles. The third kappa shape index (κ3) is 10.2. The molecule has 0 heterocycles. The monoisotopic (exact) mass is 669 g/mol. The van der Waals surface area contributed by atoms with Crippen molar-refractivity contribution in [2.75, 3.05) is 25.4 Å². The molecule has 0 bridgehead atoms. The van der Waals surface area contributed by atoms with Gasteiger partial charge in [-0.15, -0.1) is 0 Å². The van der Waals surface area contributed by atoms with Gasteiger partial charge in [0.1, 0.15) is 5.75 Å². The second-order valence-electron chi connectivity index (χ2n) is 11.5. The Bertz CT molecular complexity index is 1640. The van der Waals surface area contributed by atoms with E-state index in [1.54, 1.807) is 12.1 Å². The normalized spacial score (nSPS) is 14.3. The zero-order valence-electron chi connectivity index (χ0n) is 25.8. The molecule has 0 radical (unpaired) electrons. The zero-order valence-corrected chi connectivity index (χ0v) is 26.6. The number of hydrogen-bond donors (Lipinski definition) is 4. The van der Waals surface area contributed by atoms with Crippen LogP contribution in [-0.2, 0) is 16.4 Å². The molecule has 252 valence electrons. The molecule has 0 aromatic heterocycles. The van der Waals surface area contributed by atoms with Crippen LogP contribution in [0.5, 0.6) is 5.75 Å². The number of nitro benzene ring substituents is 1. The topological polar surface area (TPSA) is 197 Å². The number of nitro groups is 1. The van der Waals surface area contributed by atoms with E-state index in [0.29, 0.717) is 12.0 Å². The minimum atomic E-state index is -3.94. The maximum atomic E-state index is 13.0. The Morgan fingerprint density at radius 1 is 1.00 bits per heavy atom. The largest absolute Gasteiger partial charge is 0.490 e. The lowest BCUT2D eigenvalue weighted by Gasteiger charge is -2.24. The molecule has 1 saturated carbocycles. The first-order valence-electron chi connectivity index (χ1n) is 15.4. The summed E-state index contributed by atoms with van der Waals surface area (Å²) in [6, 6.07) is 17.6. The highest BCUT2D eigenvalue weighted by molar-refractivity contribution is 7.90. The average Bonchev–Trinajstić information content (AvgIpc) is 3.06. The van der Waals surface area contributed by atoms with Gasteiger partial charge < -0.3 is 25.0 Å². The first-order chi connectivity index (χ1) is 22.5. The minimum absolute atomic E-state index is 0.00144. The number of amides is 2. The molecule has 0 unspecified atom stereocenters. The highest BCUT2D eigenvalue weighted by Crippen LogP contribution is 2.31. The number of rotatable bonds is 15. The predicted molar refractivity (Wildman–Crippen MR) is 174 cm³/mol. The third-order valence-electron chi connectivity index (χ3n) is 8.00. The second-order valence-corrected chi connectivity index (χ2v) is 13.3. The van der Waals surface area contributed by atoms with Crippen LogP contribution in [0.25, 0.3) is 11.1 Å². The molecule has 1 fully saturated rings. The van der Waals surface area contributed by atoms with Gasteiger partial charge in [0, 0.05) is 25.3 Å². The molecular formula is C33H39N3O10S. The number of ether oxygens (including phenoxy) is 1. The minimum Gasteiger partial charge on any atom is -0.490 e. The lowest BCUT2D eigenvalue weighted by molar-refractivity contribution is -0.384. The van der Waals surface area contributed by atoms with Crippen LogP contribution >= 0.6 is 0 Å². The predicted octanol–water partition coefficient (Wildman–Crippen LogP) is 4.67. The number of nitrogens with zero attached hydrogens (tertiary/aromatic N) is 2. The Balaban J connectivity index is 1.45. The number of carbonyl (C=O) groups excluding carboxylic acids is 1. The summed E-state index contributed by atoms with van der Waals surface area (Å²) in [5.41, 5.74) is 2.70. The van der Waals surface area contributed by atoms with Crippen molar-refractivity contribution in [1.29, 1.82) is 0 Å². The van der Waals surface area contributed by atoms with E-state index in [4.69, 9.17) is 9.84 Å². The Kier molecular flexibility index (Phi) is 12.3. The summed E-state index contributed by atoms with van der Waals surface area (Å²) in [5.74, 6) is -0.919. The molecule has 14 heteroatoms. The second kappa shape index (κ2) is 16.3. The number of aliphatic hydroxyl groups excluding tert-OH is 2. The highest BCUT2D eigenvalue weighted by Gasteiger charge is 2.23. The first kappa shape index (κ1) is 35.3. The summed E-state index contributed by atoms with van der Waals surface area (Å²) < 4.78 is 33.0. The van der Waals surface area contributed by atoms with E-state index >= 15 is 0 Å². The van der Waals surface area contributed by atoms with Crippen molar-refractivity contribution in [3.05, 3.63) is 93.5 Å². The van der Waals surface area contributed by atoms with Gasteiger partial charge in [0.05, 0.1) is 35.0 Å². The van der Waals surface area contributed by atoms with Crippen molar-refractivity contribution in [2.24, 2.45) is 0 Å². The molecular weight excluding hydrogens is 630 g/mol. The van der Waals surface area contributed by atoms with Gasteiger partial charge in [0.2, 0.25) is 10.0 Å². The number of benzene rings is 3. The van der Waals surface area contributed by atoms with E-state index < -0.39 is 33.1 Å². The van der Waals surface area contributed by atoms with Crippen LogP contribution < -0.4 is 9.46 Å². The number of aliphatic hydroxyl groups is 2. The Morgan fingerprint density at radius 2 is 1.66 bits per heavy atom. The molecule has 4 N–H and O–H groups in total. The Hall–Kier alpha value is -4.53. The maximum Gasteiger partial charge on any atom is 0.407 e. The summed E-state index contributed by atoms with van der Waals surface area (Å²) in [6.07, 6.45) is 2.64. The molecule has 1 aliphatic rings. The van der Waals surface area contributed by atoms with E-state index in [2.05, 4.69) is 4.72 Å². The van der Waals surface area contributed by atoms with Crippen LogP contribution in [0.4, 0.5) is 10.5 Å². The van der Waals surface area contributed by atoms with E-state index in [0.717, 1.165) is 53.7 Å². The SMILES string of the molecule is O=C(NS(=O)(=O)CCCO)c1ccc(-c2ccc(CCN(C[C@H](O)c3ccc([N+](=O)[O-])cc3)C(=O)O)cc2)cc1OC1CCCCC1. The van der Waals surface area contributed by atoms with Crippen molar-refractivity contribution in [3.8, 4) is 16.9 Å². The number of hydrogen-bond acceptors (Lipinski definition) is 9. The summed E-state index contributed by atoms with van der Waals surface area (Å²) >= 11 is 0. The van der Waals surface area contributed by atoms with Crippen LogP contribution in [0.1, 0.15) is 66.1 Å². The van der Waals surface area contributed by atoms with Gasteiger partial charge in [-0.3, -0.25) is 14.9 Å². The van der Waals surface area contributed by atoms with Crippen LogP contribution in [0.3, 0.4) is 0 Å². The average molecular weight is 670 g/mol. The van der Waals surface area contributed by atoms with Crippen LogP contribution in [0, 0.1) is 10.1 Å². The van der Waals surface area contributed by atoms with Crippen LogP contribution in [0.15, 0.2) is 66.7 Å². The van der Waals surface area contributed by atoms with Crippen molar-refractivity contribution < 1.29 is 43.0 Å². The number of sulfonamides is 1. The molecule has 3 aromatic rings. The third-order valence-corrected chi connectivity index (χ3v) is 9.32. The van der Waals surface area contributed by atoms with Gasteiger partial charge in [0.25, 0.3) is 11.6 Å². The lowest BCUT2D eigenvalue weighted by atomic mass is 9.97. The molecule has 0 saturated heterocycles. The summed E-state index contributed by atoms with van der Waals surface area (Å²) in [4.78, 5) is 36.3. The number of carbonyl (C=O) groups is 2. The standard InChI is InChI=1S/C33H39N3O10S/c37-19-4-20-47(44,45)34-32(39)29-16-13-26(21-31(29)46-28-5-2-1-3-6-28)24-9-7-23(8-10-24)17-18-35(33(40)41)22-30(38)25-11-14-27(15-12-25)36(42)43/h7-16,21,28,30,37-38H,1-6,17-20,22H2,(H,34,39)(H,40,41)/t30-/m0/s1. The Labute approximate surface area is 273 Å². The molecule has 47 heavy (non-hydrogen) atoms. The van der Waals surface area contributed by atoms with Crippen LogP contribution in [0.2, 0.25) is 0 Å². The highest BCUT2D eigenvalue weighted by atomic mass is 32.2. The van der Waals surface area contributed by atoms with Crippen molar-refractivity contribution >= 4 is 27.7 Å². The number of nitrogens with one attached hydrogen (secondary N) is 1. The molecule has 0 aliphatic heterocycles. The molecule has 0 spiro atoms. The number of non-ortho nitro benzene ring substituents is 1.